The zero-order valence-electron chi connectivity index (χ0n) is 21.9. The lowest BCUT2D eigenvalue weighted by atomic mass is 9.98. The zero-order valence-corrected chi connectivity index (χ0v) is 22.7. The number of carbonyl (C=O) groups excluding carboxylic acids is 2. The molecule has 10 nitrogen and oxygen atoms in total. The number of nitrogens with one attached hydrogen (secondary N) is 2. The molecule has 2 N–H and O–H groups in total. The van der Waals surface area contributed by atoms with Crippen molar-refractivity contribution in [2.75, 3.05) is 56.2 Å². The monoisotopic (exact) mass is 563 g/mol. The molecule has 1 fully saturated rings. The fourth-order valence-electron chi connectivity index (χ4n) is 5.02. The van der Waals surface area contributed by atoms with Gasteiger partial charge < -0.3 is 20.3 Å². The molecule has 2 heterocycles. The molecule has 2 amide bonds. The summed E-state index contributed by atoms with van der Waals surface area (Å²) in [5.74, 6) is -0.759. The van der Waals surface area contributed by atoms with E-state index in [1.807, 2.05) is 18.2 Å². The molecule has 3 aromatic rings. The average Bonchev–Trinajstić information content (AvgIpc) is 2.97. The van der Waals surface area contributed by atoms with Crippen molar-refractivity contribution in [2.24, 2.45) is 0 Å². The fourth-order valence-corrected chi connectivity index (χ4v) is 5.28. The van der Waals surface area contributed by atoms with Crippen LogP contribution in [-0.4, -0.2) is 67.6 Å². The topological polar surface area (TPSA) is 117 Å². The first-order chi connectivity index (χ1) is 19.4. The van der Waals surface area contributed by atoms with E-state index in [4.69, 9.17) is 16.3 Å². The first-order valence-corrected chi connectivity index (χ1v) is 13.6. The molecule has 0 bridgehead atoms. The molecule has 0 radical (unpaired) electrons. The van der Waals surface area contributed by atoms with Crippen molar-refractivity contribution < 1.29 is 19.2 Å². The standard InChI is InChI=1S/C29H30ClN5O5/c30-26-18-23(35(38)39)6-7-24(26)29(37)32-22-5-8-27(34-11-9-20-3-1-2-4-21(20)19-34)25(17-22)28(36)31-10-12-33-13-15-40-16-14-33/h1-8,17-18H,9-16,19H2,(H,31,36)(H,32,37). The number of morpholine rings is 1. The Labute approximate surface area is 237 Å². The second-order valence-corrected chi connectivity index (χ2v) is 10.2. The van der Waals surface area contributed by atoms with Gasteiger partial charge in [-0.05, 0) is 41.8 Å². The van der Waals surface area contributed by atoms with E-state index in [0.29, 0.717) is 37.6 Å². The molecule has 0 spiro atoms. The van der Waals surface area contributed by atoms with Crippen molar-refractivity contribution in [1.29, 1.82) is 0 Å². The molecular formula is C29H30ClN5O5. The van der Waals surface area contributed by atoms with Crippen molar-refractivity contribution >= 4 is 40.5 Å². The second kappa shape index (κ2) is 12.5. The van der Waals surface area contributed by atoms with Crippen LogP contribution in [0.15, 0.2) is 60.7 Å². The van der Waals surface area contributed by atoms with Crippen LogP contribution in [0.1, 0.15) is 31.8 Å². The molecule has 3 aromatic carbocycles. The Morgan fingerprint density at radius 2 is 1.73 bits per heavy atom. The lowest BCUT2D eigenvalue weighted by Gasteiger charge is -2.32. The van der Waals surface area contributed by atoms with Gasteiger partial charge in [-0.2, -0.15) is 0 Å². The Hall–Kier alpha value is -3.99. The Kier molecular flexibility index (Phi) is 8.59. The van der Waals surface area contributed by atoms with Crippen molar-refractivity contribution in [3.8, 4) is 0 Å². The normalized spacial score (nSPS) is 15.3. The molecule has 0 aromatic heterocycles. The van der Waals surface area contributed by atoms with E-state index in [-0.39, 0.29) is 22.2 Å². The van der Waals surface area contributed by atoms with Gasteiger partial charge in [0, 0.05) is 62.8 Å². The Bertz CT molecular complexity index is 1430. The summed E-state index contributed by atoms with van der Waals surface area (Å²) in [6.07, 6.45) is 0.866. The number of nitro groups is 1. The lowest BCUT2D eigenvalue weighted by molar-refractivity contribution is -0.384. The van der Waals surface area contributed by atoms with Crippen LogP contribution in [0, 0.1) is 10.1 Å². The van der Waals surface area contributed by atoms with Crippen molar-refractivity contribution in [3.05, 3.63) is 98.1 Å². The minimum atomic E-state index is -0.574. The third-order valence-electron chi connectivity index (χ3n) is 7.20. The molecule has 0 unspecified atom stereocenters. The van der Waals surface area contributed by atoms with Crippen LogP contribution in [-0.2, 0) is 17.7 Å². The second-order valence-electron chi connectivity index (χ2n) is 9.76. The quantitative estimate of drug-likeness (QED) is 0.313. The highest BCUT2D eigenvalue weighted by Gasteiger charge is 2.23. The molecule has 11 heteroatoms. The number of ether oxygens (including phenoxy) is 1. The number of halogens is 1. The van der Waals surface area contributed by atoms with Crippen LogP contribution in [0.25, 0.3) is 0 Å². The van der Waals surface area contributed by atoms with Crippen molar-refractivity contribution in [3.63, 3.8) is 0 Å². The van der Waals surface area contributed by atoms with Gasteiger partial charge in [-0.1, -0.05) is 35.9 Å². The minimum absolute atomic E-state index is 0.0311. The number of rotatable bonds is 8. The summed E-state index contributed by atoms with van der Waals surface area (Å²) in [6, 6.07) is 17.2. The van der Waals surface area contributed by atoms with E-state index in [2.05, 4.69) is 32.6 Å². The summed E-state index contributed by atoms with van der Waals surface area (Å²) < 4.78 is 5.40. The first kappa shape index (κ1) is 27.6. The highest BCUT2D eigenvalue weighted by molar-refractivity contribution is 6.34. The van der Waals surface area contributed by atoms with Gasteiger partial charge in [0.1, 0.15) is 0 Å². The highest BCUT2D eigenvalue weighted by Crippen LogP contribution is 2.30. The highest BCUT2D eigenvalue weighted by atomic mass is 35.5. The number of hydrogen-bond acceptors (Lipinski definition) is 7. The number of benzene rings is 3. The van der Waals surface area contributed by atoms with Gasteiger partial charge in [-0.25, -0.2) is 0 Å². The van der Waals surface area contributed by atoms with E-state index >= 15 is 0 Å². The van der Waals surface area contributed by atoms with Crippen LogP contribution >= 0.6 is 11.6 Å². The molecule has 1 saturated heterocycles. The Morgan fingerprint density at radius 1 is 0.950 bits per heavy atom. The SMILES string of the molecule is O=C(Nc1ccc(N2CCc3ccccc3C2)c(C(=O)NCCN2CCOCC2)c1)c1ccc([N+](=O)[O-])cc1Cl. The number of anilines is 2. The number of nitro benzene ring substituents is 1. The van der Waals surface area contributed by atoms with Gasteiger partial charge >= 0.3 is 0 Å². The average molecular weight is 564 g/mol. The predicted molar refractivity (Wildman–Crippen MR) is 153 cm³/mol. The van der Waals surface area contributed by atoms with E-state index in [1.165, 1.54) is 23.3 Å². The Balaban J connectivity index is 1.36. The first-order valence-electron chi connectivity index (χ1n) is 13.2. The molecule has 0 aliphatic carbocycles. The van der Waals surface area contributed by atoms with Gasteiger partial charge in [0.15, 0.2) is 0 Å². The van der Waals surface area contributed by atoms with E-state index in [1.54, 1.807) is 12.1 Å². The van der Waals surface area contributed by atoms with Gasteiger partial charge in [0.05, 0.1) is 34.3 Å². The minimum Gasteiger partial charge on any atom is -0.379 e. The van der Waals surface area contributed by atoms with E-state index in [9.17, 15) is 19.7 Å². The number of non-ortho nitro benzene ring substituents is 1. The molecule has 0 atom stereocenters. The number of hydrogen-bond donors (Lipinski definition) is 2. The lowest BCUT2D eigenvalue weighted by Crippen LogP contribution is -2.41. The largest absolute Gasteiger partial charge is 0.379 e. The summed E-state index contributed by atoms with van der Waals surface area (Å²) in [5.41, 5.74) is 4.07. The maximum absolute atomic E-state index is 13.5. The van der Waals surface area contributed by atoms with Gasteiger partial charge in [-0.15, -0.1) is 0 Å². The summed E-state index contributed by atoms with van der Waals surface area (Å²) in [7, 11) is 0. The molecule has 2 aliphatic rings. The molecular weight excluding hydrogens is 534 g/mol. The van der Waals surface area contributed by atoms with Gasteiger partial charge in [-0.3, -0.25) is 24.6 Å². The maximum Gasteiger partial charge on any atom is 0.270 e. The molecule has 208 valence electrons. The Morgan fingerprint density at radius 3 is 2.48 bits per heavy atom. The molecule has 40 heavy (non-hydrogen) atoms. The summed E-state index contributed by atoms with van der Waals surface area (Å²) in [5, 5.41) is 16.8. The number of nitrogens with zero attached hydrogens (tertiary/aromatic N) is 3. The maximum atomic E-state index is 13.5. The molecule has 5 rings (SSSR count). The summed E-state index contributed by atoms with van der Waals surface area (Å²) >= 11 is 6.16. The third kappa shape index (κ3) is 6.41. The van der Waals surface area contributed by atoms with Gasteiger partial charge in [0.2, 0.25) is 0 Å². The van der Waals surface area contributed by atoms with Crippen molar-refractivity contribution in [1.82, 2.24) is 10.2 Å². The zero-order chi connectivity index (χ0) is 28.1. The van der Waals surface area contributed by atoms with Crippen LogP contribution in [0.2, 0.25) is 5.02 Å². The van der Waals surface area contributed by atoms with Crippen LogP contribution in [0.5, 0.6) is 0 Å². The fraction of sp³-hybridized carbons (Fsp3) is 0.310. The molecule has 2 aliphatic heterocycles. The third-order valence-corrected chi connectivity index (χ3v) is 7.51. The van der Waals surface area contributed by atoms with Crippen LogP contribution < -0.4 is 15.5 Å². The molecule has 0 saturated carbocycles. The van der Waals surface area contributed by atoms with E-state index < -0.39 is 10.8 Å². The van der Waals surface area contributed by atoms with Crippen LogP contribution in [0.3, 0.4) is 0 Å². The summed E-state index contributed by atoms with van der Waals surface area (Å²) in [6.45, 7) is 5.68. The predicted octanol–water partition coefficient (Wildman–Crippen LogP) is 4.13. The van der Waals surface area contributed by atoms with Crippen LogP contribution in [0.4, 0.5) is 17.1 Å². The summed E-state index contributed by atoms with van der Waals surface area (Å²) in [4.78, 5) is 41.3. The smallest absolute Gasteiger partial charge is 0.270 e. The van der Waals surface area contributed by atoms with Gasteiger partial charge in [0.25, 0.3) is 17.5 Å². The number of amides is 2. The van der Waals surface area contributed by atoms with Crippen molar-refractivity contribution in [2.45, 2.75) is 13.0 Å². The number of fused-ring (bicyclic) bond motifs is 1. The van der Waals surface area contributed by atoms with E-state index in [0.717, 1.165) is 44.4 Å². The number of carbonyl (C=O) groups is 2.